The number of carbonyl (C=O) groups is 2. The molecule has 2 rings (SSSR count). The molecule has 0 saturated heterocycles. The Bertz CT molecular complexity index is 572. The summed E-state index contributed by atoms with van der Waals surface area (Å²) in [5.41, 5.74) is 0.649. The Morgan fingerprint density at radius 2 is 2.29 bits per heavy atom. The van der Waals surface area contributed by atoms with Crippen molar-refractivity contribution in [3.05, 3.63) is 34.5 Å². The van der Waals surface area contributed by atoms with Gasteiger partial charge in [0.25, 0.3) is 5.91 Å². The lowest BCUT2D eigenvalue weighted by Crippen LogP contribution is -2.13. The molecule has 0 unspecified atom stereocenters. The lowest BCUT2D eigenvalue weighted by Gasteiger charge is -2.01. The van der Waals surface area contributed by atoms with Crippen molar-refractivity contribution in [1.29, 1.82) is 0 Å². The Morgan fingerprint density at radius 3 is 2.88 bits per heavy atom. The van der Waals surface area contributed by atoms with Crippen LogP contribution in [0.25, 0.3) is 0 Å². The largest absolute Gasteiger partial charge is 0.478 e. The Hall–Kier alpha value is -2.15. The highest BCUT2D eigenvalue weighted by Gasteiger charge is 2.18. The molecule has 0 radical (unpaired) electrons. The summed E-state index contributed by atoms with van der Waals surface area (Å²) in [7, 11) is 0. The van der Waals surface area contributed by atoms with Crippen LogP contribution in [0.3, 0.4) is 0 Å². The molecule has 17 heavy (non-hydrogen) atoms. The third kappa shape index (κ3) is 2.18. The zero-order valence-electron chi connectivity index (χ0n) is 8.76. The minimum Gasteiger partial charge on any atom is -0.478 e. The summed E-state index contributed by atoms with van der Waals surface area (Å²) in [6.07, 6.45) is 1.42. The van der Waals surface area contributed by atoms with E-state index in [9.17, 15) is 9.59 Å². The standard InChI is InChI=1S/C10H8N2O4S/c1-5-4-11-16-7(5)8(13)12-9-6(10(14)15)2-3-17-9/h2-4H,1H3,(H,12,13)(H,14,15). The molecular weight excluding hydrogens is 244 g/mol. The molecule has 0 aliphatic heterocycles. The maximum Gasteiger partial charge on any atom is 0.338 e. The van der Waals surface area contributed by atoms with Crippen LogP contribution in [0, 0.1) is 6.92 Å². The number of thiophene rings is 1. The van der Waals surface area contributed by atoms with E-state index in [4.69, 9.17) is 9.63 Å². The zero-order valence-corrected chi connectivity index (χ0v) is 9.58. The Kier molecular flexibility index (Phi) is 2.92. The van der Waals surface area contributed by atoms with E-state index >= 15 is 0 Å². The summed E-state index contributed by atoms with van der Waals surface area (Å²) >= 11 is 1.13. The van der Waals surface area contributed by atoms with E-state index < -0.39 is 11.9 Å². The second kappa shape index (κ2) is 4.38. The highest BCUT2D eigenvalue weighted by Crippen LogP contribution is 2.24. The number of aromatic carboxylic acids is 1. The van der Waals surface area contributed by atoms with Crippen molar-refractivity contribution in [3.63, 3.8) is 0 Å². The molecule has 0 bridgehead atoms. The highest BCUT2D eigenvalue weighted by molar-refractivity contribution is 7.14. The van der Waals surface area contributed by atoms with Gasteiger partial charge in [0.15, 0.2) is 0 Å². The number of aryl methyl sites for hydroxylation is 1. The molecule has 2 aromatic heterocycles. The van der Waals surface area contributed by atoms with E-state index in [1.54, 1.807) is 12.3 Å². The van der Waals surface area contributed by atoms with Crippen molar-refractivity contribution < 1.29 is 19.2 Å². The smallest absolute Gasteiger partial charge is 0.338 e. The zero-order chi connectivity index (χ0) is 12.4. The summed E-state index contributed by atoms with van der Waals surface area (Å²) in [6.45, 7) is 1.68. The van der Waals surface area contributed by atoms with Gasteiger partial charge >= 0.3 is 5.97 Å². The minimum atomic E-state index is -1.09. The number of hydrogen-bond acceptors (Lipinski definition) is 5. The van der Waals surface area contributed by atoms with Crippen molar-refractivity contribution in [2.24, 2.45) is 0 Å². The number of nitrogens with zero attached hydrogens (tertiary/aromatic N) is 1. The first kappa shape index (κ1) is 11.3. The molecule has 0 spiro atoms. The molecule has 0 atom stereocenters. The monoisotopic (exact) mass is 252 g/mol. The molecule has 0 saturated carbocycles. The number of carboxylic acids is 1. The van der Waals surface area contributed by atoms with E-state index in [0.29, 0.717) is 5.56 Å². The average Bonchev–Trinajstić information content (AvgIpc) is 2.86. The van der Waals surface area contributed by atoms with Crippen molar-refractivity contribution in [1.82, 2.24) is 5.16 Å². The number of anilines is 1. The molecule has 0 aromatic carbocycles. The predicted molar refractivity (Wildman–Crippen MR) is 60.5 cm³/mol. The number of nitrogens with one attached hydrogen (secondary N) is 1. The topological polar surface area (TPSA) is 92.4 Å². The second-order valence-corrected chi connectivity index (χ2v) is 4.18. The molecule has 1 amide bonds. The van der Waals surface area contributed by atoms with Gasteiger partial charge in [0.1, 0.15) is 5.00 Å². The first-order chi connectivity index (χ1) is 8.09. The number of hydrogen-bond donors (Lipinski definition) is 2. The fourth-order valence-corrected chi connectivity index (χ4v) is 2.02. The van der Waals surface area contributed by atoms with Crippen LogP contribution in [0.2, 0.25) is 0 Å². The summed E-state index contributed by atoms with van der Waals surface area (Å²) < 4.78 is 4.77. The lowest BCUT2D eigenvalue weighted by atomic mass is 10.2. The Labute approximate surface area is 99.9 Å². The third-order valence-electron chi connectivity index (χ3n) is 2.08. The fourth-order valence-electron chi connectivity index (χ4n) is 1.24. The maximum atomic E-state index is 11.7. The second-order valence-electron chi connectivity index (χ2n) is 3.26. The Morgan fingerprint density at radius 1 is 1.53 bits per heavy atom. The SMILES string of the molecule is Cc1cnoc1C(=O)Nc1sccc1C(=O)O. The van der Waals surface area contributed by atoms with Crippen LogP contribution in [0.1, 0.15) is 26.5 Å². The molecular formula is C10H8N2O4S. The van der Waals surface area contributed by atoms with Crippen LogP contribution in [0.5, 0.6) is 0 Å². The Balaban J connectivity index is 2.22. The van der Waals surface area contributed by atoms with Gasteiger partial charge in [-0.05, 0) is 18.4 Å². The molecule has 2 heterocycles. The molecule has 0 fully saturated rings. The van der Waals surface area contributed by atoms with Gasteiger partial charge in [-0.1, -0.05) is 5.16 Å². The van der Waals surface area contributed by atoms with Crippen molar-refractivity contribution >= 4 is 28.2 Å². The molecule has 88 valence electrons. The van der Waals surface area contributed by atoms with Crippen molar-refractivity contribution in [3.8, 4) is 0 Å². The van der Waals surface area contributed by atoms with Gasteiger partial charge in [-0.3, -0.25) is 4.79 Å². The molecule has 7 heteroatoms. The first-order valence-electron chi connectivity index (χ1n) is 4.63. The van der Waals surface area contributed by atoms with Gasteiger partial charge in [0, 0.05) is 5.56 Å². The number of aromatic nitrogens is 1. The van der Waals surface area contributed by atoms with Crippen LogP contribution in [0.15, 0.2) is 22.2 Å². The lowest BCUT2D eigenvalue weighted by molar-refractivity contribution is 0.0698. The summed E-state index contributed by atoms with van der Waals surface area (Å²) in [5.74, 6) is -1.52. The number of rotatable bonds is 3. The normalized spacial score (nSPS) is 10.2. The molecule has 0 aliphatic carbocycles. The van der Waals surface area contributed by atoms with Gasteiger partial charge in [-0.25, -0.2) is 4.79 Å². The summed E-state index contributed by atoms with van der Waals surface area (Å²) in [5, 5.41) is 16.7. The van der Waals surface area contributed by atoms with Gasteiger partial charge in [-0.2, -0.15) is 0 Å². The van der Waals surface area contributed by atoms with Crippen LogP contribution in [0.4, 0.5) is 5.00 Å². The van der Waals surface area contributed by atoms with Crippen LogP contribution < -0.4 is 5.32 Å². The maximum absolute atomic E-state index is 11.7. The van der Waals surface area contributed by atoms with E-state index in [-0.39, 0.29) is 16.3 Å². The third-order valence-corrected chi connectivity index (χ3v) is 2.91. The minimum absolute atomic E-state index is 0.0560. The van der Waals surface area contributed by atoms with Crippen LogP contribution >= 0.6 is 11.3 Å². The molecule has 2 aromatic rings. The average molecular weight is 252 g/mol. The number of carboxylic acid groups (broad SMARTS) is 1. The number of amides is 1. The van der Waals surface area contributed by atoms with Crippen LogP contribution in [-0.2, 0) is 0 Å². The fraction of sp³-hybridized carbons (Fsp3) is 0.100. The summed E-state index contributed by atoms with van der Waals surface area (Å²) in [4.78, 5) is 22.6. The predicted octanol–water partition coefficient (Wildman–Crippen LogP) is 2.00. The van der Waals surface area contributed by atoms with Gasteiger partial charge < -0.3 is 14.9 Å². The van der Waals surface area contributed by atoms with E-state index in [1.165, 1.54) is 12.3 Å². The van der Waals surface area contributed by atoms with Gasteiger partial charge in [0.2, 0.25) is 5.76 Å². The molecule has 0 aliphatic rings. The van der Waals surface area contributed by atoms with E-state index in [0.717, 1.165) is 11.3 Å². The van der Waals surface area contributed by atoms with Gasteiger partial charge in [-0.15, -0.1) is 11.3 Å². The molecule has 6 nitrogen and oxygen atoms in total. The highest BCUT2D eigenvalue weighted by atomic mass is 32.1. The van der Waals surface area contributed by atoms with Gasteiger partial charge in [0.05, 0.1) is 11.8 Å². The van der Waals surface area contributed by atoms with Crippen molar-refractivity contribution in [2.45, 2.75) is 6.92 Å². The van der Waals surface area contributed by atoms with Crippen LogP contribution in [-0.4, -0.2) is 22.1 Å². The quantitative estimate of drug-likeness (QED) is 0.871. The van der Waals surface area contributed by atoms with E-state index in [2.05, 4.69) is 10.5 Å². The first-order valence-corrected chi connectivity index (χ1v) is 5.51. The van der Waals surface area contributed by atoms with E-state index in [1.807, 2.05) is 0 Å². The van der Waals surface area contributed by atoms with Crippen molar-refractivity contribution in [2.75, 3.05) is 5.32 Å². The molecule has 2 N–H and O–H groups in total. The summed E-state index contributed by atoms with van der Waals surface area (Å²) in [6, 6.07) is 1.43. The number of carbonyl (C=O) groups excluding carboxylic acids is 1.